The van der Waals surface area contributed by atoms with Gasteiger partial charge in [-0.3, -0.25) is 9.59 Å². The Morgan fingerprint density at radius 1 is 1.28 bits per heavy atom. The number of rotatable bonds is 9. The molecule has 0 heterocycles. The van der Waals surface area contributed by atoms with E-state index in [1.54, 1.807) is 0 Å². The molecule has 1 atom stereocenters. The third kappa shape index (κ3) is 7.61. The van der Waals surface area contributed by atoms with Crippen molar-refractivity contribution in [2.24, 2.45) is 5.73 Å². The number of carboxylic acid groups (broad SMARTS) is 1. The summed E-state index contributed by atoms with van der Waals surface area (Å²) in [6, 6.07) is -1.24. The van der Waals surface area contributed by atoms with Gasteiger partial charge in [-0.1, -0.05) is 6.42 Å². The lowest BCUT2D eigenvalue weighted by Gasteiger charge is -2.13. The summed E-state index contributed by atoms with van der Waals surface area (Å²) in [5.74, 6) is -2.31. The van der Waals surface area contributed by atoms with Gasteiger partial charge < -0.3 is 20.9 Å². The van der Waals surface area contributed by atoms with Crippen molar-refractivity contribution in [2.45, 2.75) is 38.1 Å². The van der Waals surface area contributed by atoms with E-state index in [0.717, 1.165) is 20.0 Å². The van der Waals surface area contributed by atoms with Crippen molar-refractivity contribution in [3.8, 4) is 0 Å². The Bertz CT molecular complexity index is 293. The van der Waals surface area contributed by atoms with Gasteiger partial charge in [-0.25, -0.2) is 4.79 Å². The van der Waals surface area contributed by atoms with Crippen LogP contribution in [-0.2, 0) is 19.1 Å². The molecule has 18 heavy (non-hydrogen) atoms. The fourth-order valence-corrected chi connectivity index (χ4v) is 1.32. The number of aliphatic carboxylic acids is 1. The monoisotopic (exact) mass is 260 g/mol. The molecule has 0 fully saturated rings. The number of nitrogens with one attached hydrogen (secondary N) is 1. The van der Waals surface area contributed by atoms with Crippen molar-refractivity contribution in [1.29, 1.82) is 0 Å². The molecule has 0 unspecified atom stereocenters. The lowest BCUT2D eigenvalue weighted by atomic mass is 10.1. The highest BCUT2D eigenvalue weighted by atomic mass is 16.5. The maximum Gasteiger partial charge on any atom is 0.326 e. The molecular formula is C11H20N2O5. The summed E-state index contributed by atoms with van der Waals surface area (Å²) in [4.78, 5) is 33.2. The first-order valence-corrected chi connectivity index (χ1v) is 5.80. The summed E-state index contributed by atoms with van der Waals surface area (Å²) < 4.78 is 4.36. The molecular weight excluding hydrogens is 240 g/mol. The Kier molecular flexibility index (Phi) is 8.55. The lowest BCUT2D eigenvalue weighted by molar-refractivity contribution is -0.148. The van der Waals surface area contributed by atoms with Gasteiger partial charge in [-0.2, -0.15) is 0 Å². The molecule has 0 spiro atoms. The summed E-state index contributed by atoms with van der Waals surface area (Å²) in [6.07, 6.45) is 2.15. The quantitative estimate of drug-likeness (QED) is 0.385. The van der Waals surface area contributed by atoms with E-state index in [2.05, 4.69) is 10.1 Å². The first-order chi connectivity index (χ1) is 8.51. The summed E-state index contributed by atoms with van der Waals surface area (Å²) in [5.41, 5.74) is 5.31. The van der Waals surface area contributed by atoms with E-state index in [1.807, 2.05) is 0 Å². The lowest BCUT2D eigenvalue weighted by Crippen LogP contribution is -2.42. The molecule has 4 N–H and O–H groups in total. The van der Waals surface area contributed by atoms with Gasteiger partial charge in [-0.15, -0.1) is 0 Å². The van der Waals surface area contributed by atoms with Gasteiger partial charge in [0.2, 0.25) is 5.91 Å². The molecule has 1 amide bonds. The van der Waals surface area contributed by atoms with E-state index >= 15 is 0 Å². The second kappa shape index (κ2) is 9.41. The number of hydrogen-bond donors (Lipinski definition) is 3. The molecule has 0 bridgehead atoms. The minimum atomic E-state index is -1.25. The molecule has 0 aliphatic rings. The second-order valence-corrected chi connectivity index (χ2v) is 3.84. The van der Waals surface area contributed by atoms with Crippen LogP contribution in [0.1, 0.15) is 32.1 Å². The number of carbonyl (C=O) groups excluding carboxylic acids is 2. The van der Waals surface area contributed by atoms with Crippen LogP contribution in [0.2, 0.25) is 0 Å². The Morgan fingerprint density at radius 2 is 1.94 bits per heavy atom. The average Bonchev–Trinajstić information content (AvgIpc) is 2.33. The van der Waals surface area contributed by atoms with E-state index < -0.39 is 18.0 Å². The van der Waals surface area contributed by atoms with Crippen LogP contribution in [0.4, 0.5) is 0 Å². The maximum atomic E-state index is 11.4. The summed E-state index contributed by atoms with van der Waals surface area (Å²) in [5, 5.41) is 11.1. The number of nitrogens with two attached hydrogens (primary N) is 1. The number of carbonyl (C=O) groups is 3. The molecule has 7 nitrogen and oxygen atoms in total. The van der Waals surface area contributed by atoms with Crippen LogP contribution < -0.4 is 11.1 Å². The number of ether oxygens (including phenoxy) is 1. The molecule has 0 radical (unpaired) electrons. The first kappa shape index (κ1) is 16.4. The van der Waals surface area contributed by atoms with E-state index in [9.17, 15) is 14.4 Å². The predicted octanol–water partition coefficient (Wildman–Crippen LogP) is -0.362. The van der Waals surface area contributed by atoms with Gasteiger partial charge in [0, 0.05) is 6.42 Å². The summed E-state index contributed by atoms with van der Waals surface area (Å²) in [6.45, 7) is 0.571. The van der Waals surface area contributed by atoms with Crippen LogP contribution in [0.15, 0.2) is 0 Å². The minimum Gasteiger partial charge on any atom is -0.480 e. The molecule has 0 rings (SSSR count). The van der Waals surface area contributed by atoms with Gasteiger partial charge in [-0.05, 0) is 19.4 Å². The topological polar surface area (TPSA) is 119 Å². The maximum absolute atomic E-state index is 11.4. The minimum absolute atomic E-state index is 0.227. The Hall–Kier alpha value is -1.63. The number of esters is 1. The third-order valence-corrected chi connectivity index (χ3v) is 2.34. The highest BCUT2D eigenvalue weighted by Crippen LogP contribution is 2.01. The zero-order chi connectivity index (χ0) is 14.0. The molecule has 0 aromatic heterocycles. The van der Waals surface area contributed by atoms with Crippen molar-refractivity contribution in [1.82, 2.24) is 5.32 Å². The highest BCUT2D eigenvalue weighted by molar-refractivity contribution is 5.87. The number of amides is 1. The Morgan fingerprint density at radius 3 is 2.44 bits per heavy atom. The van der Waals surface area contributed by atoms with Gasteiger partial charge in [0.05, 0.1) is 13.5 Å². The van der Waals surface area contributed by atoms with Crippen molar-refractivity contribution < 1.29 is 24.2 Å². The molecule has 0 aliphatic carbocycles. The third-order valence-electron chi connectivity index (χ3n) is 2.34. The normalized spacial score (nSPS) is 11.7. The molecule has 0 aromatic rings. The van der Waals surface area contributed by atoms with Gasteiger partial charge >= 0.3 is 11.9 Å². The summed E-state index contributed by atoms with van der Waals surface area (Å²) in [7, 11) is 1.16. The number of carboxylic acids is 1. The number of hydrogen-bond acceptors (Lipinski definition) is 5. The van der Waals surface area contributed by atoms with Gasteiger partial charge in [0.15, 0.2) is 0 Å². The summed E-state index contributed by atoms with van der Waals surface area (Å²) >= 11 is 0. The molecule has 0 saturated carbocycles. The van der Waals surface area contributed by atoms with Crippen molar-refractivity contribution in [3.63, 3.8) is 0 Å². The standard InChI is InChI=1S/C11H20N2O5/c1-18-10(15)7-8(11(16)17)13-9(14)5-3-2-4-6-12/h8H,2-7,12H2,1H3,(H,13,14)(H,16,17)/t8-/m0/s1. The zero-order valence-corrected chi connectivity index (χ0v) is 10.5. The van der Waals surface area contributed by atoms with Crippen LogP contribution in [0, 0.1) is 0 Å². The zero-order valence-electron chi connectivity index (χ0n) is 10.5. The molecule has 0 saturated heterocycles. The van der Waals surface area contributed by atoms with E-state index in [4.69, 9.17) is 10.8 Å². The van der Waals surface area contributed by atoms with Crippen LogP contribution in [0.5, 0.6) is 0 Å². The largest absolute Gasteiger partial charge is 0.480 e. The molecule has 7 heteroatoms. The molecule has 104 valence electrons. The van der Waals surface area contributed by atoms with E-state index in [0.29, 0.717) is 13.0 Å². The van der Waals surface area contributed by atoms with E-state index in [-0.39, 0.29) is 18.7 Å². The number of methoxy groups -OCH3 is 1. The molecule has 0 aromatic carbocycles. The van der Waals surface area contributed by atoms with Crippen LogP contribution in [0.3, 0.4) is 0 Å². The van der Waals surface area contributed by atoms with Crippen LogP contribution >= 0.6 is 0 Å². The Labute approximate surface area is 106 Å². The highest BCUT2D eigenvalue weighted by Gasteiger charge is 2.23. The fourth-order valence-electron chi connectivity index (χ4n) is 1.32. The van der Waals surface area contributed by atoms with Crippen molar-refractivity contribution in [3.05, 3.63) is 0 Å². The second-order valence-electron chi connectivity index (χ2n) is 3.84. The average molecular weight is 260 g/mol. The Balaban J connectivity index is 4.04. The molecule has 0 aliphatic heterocycles. The van der Waals surface area contributed by atoms with E-state index in [1.165, 1.54) is 0 Å². The SMILES string of the molecule is COC(=O)C[C@H](NC(=O)CCCCCN)C(=O)O. The van der Waals surface area contributed by atoms with Gasteiger partial charge in [0.25, 0.3) is 0 Å². The smallest absolute Gasteiger partial charge is 0.326 e. The predicted molar refractivity (Wildman–Crippen MR) is 63.7 cm³/mol. The first-order valence-electron chi connectivity index (χ1n) is 5.80. The van der Waals surface area contributed by atoms with Crippen LogP contribution in [-0.4, -0.2) is 42.6 Å². The van der Waals surface area contributed by atoms with Crippen molar-refractivity contribution in [2.75, 3.05) is 13.7 Å². The number of unbranched alkanes of at least 4 members (excludes halogenated alkanes) is 2. The van der Waals surface area contributed by atoms with Crippen LogP contribution in [0.25, 0.3) is 0 Å². The van der Waals surface area contributed by atoms with Crippen molar-refractivity contribution >= 4 is 17.8 Å². The fraction of sp³-hybridized carbons (Fsp3) is 0.727. The van der Waals surface area contributed by atoms with Gasteiger partial charge in [0.1, 0.15) is 6.04 Å².